The number of hydrogen-bond donors (Lipinski definition) is 1. The minimum absolute atomic E-state index is 0.0181. The summed E-state index contributed by atoms with van der Waals surface area (Å²) in [6, 6.07) is 9.22. The lowest BCUT2D eigenvalue weighted by Gasteiger charge is -2.06. The van der Waals surface area contributed by atoms with Gasteiger partial charge >= 0.3 is 0 Å². The number of rotatable bonds is 3. The molecule has 0 saturated heterocycles. The van der Waals surface area contributed by atoms with Gasteiger partial charge in [-0.3, -0.25) is 4.79 Å². The first kappa shape index (κ1) is 13.6. The molecule has 2 rings (SSSR count). The van der Waals surface area contributed by atoms with Gasteiger partial charge in [-0.1, -0.05) is 11.6 Å². The Hall–Kier alpha value is -1.87. The maximum atomic E-state index is 13.6. The van der Waals surface area contributed by atoms with Crippen LogP contribution in [0.4, 0.5) is 10.1 Å². The molecule has 2 nitrogen and oxygen atoms in total. The molecule has 0 aliphatic rings. The molecule has 0 aromatic heterocycles. The summed E-state index contributed by atoms with van der Waals surface area (Å²) in [7, 11) is 0. The predicted molar refractivity (Wildman–Crippen MR) is 75.0 cm³/mol. The van der Waals surface area contributed by atoms with E-state index in [4.69, 9.17) is 17.3 Å². The fourth-order valence-corrected chi connectivity index (χ4v) is 2.00. The number of nitrogen functional groups attached to an aromatic ring is 1. The summed E-state index contributed by atoms with van der Waals surface area (Å²) in [6.45, 7) is 1.83. The van der Waals surface area contributed by atoms with Gasteiger partial charge in [0, 0.05) is 22.7 Å². The molecule has 0 fully saturated rings. The molecule has 2 aromatic carbocycles. The van der Waals surface area contributed by atoms with Crippen molar-refractivity contribution >= 4 is 23.1 Å². The number of nitrogens with two attached hydrogens (primary N) is 1. The van der Waals surface area contributed by atoms with E-state index in [0.29, 0.717) is 21.8 Å². The summed E-state index contributed by atoms with van der Waals surface area (Å²) in [6.07, 6.45) is -0.0181. The molecule has 0 aliphatic carbocycles. The van der Waals surface area contributed by atoms with Crippen molar-refractivity contribution in [2.75, 3.05) is 5.73 Å². The van der Waals surface area contributed by atoms with E-state index in [1.165, 1.54) is 18.2 Å². The third kappa shape index (κ3) is 3.12. The Labute approximate surface area is 116 Å². The summed E-state index contributed by atoms with van der Waals surface area (Å²) >= 11 is 5.80. The highest BCUT2D eigenvalue weighted by Gasteiger charge is 2.11. The fraction of sp³-hybridized carbons (Fsp3) is 0.133. The van der Waals surface area contributed by atoms with Gasteiger partial charge in [0.1, 0.15) is 5.82 Å². The lowest BCUT2D eigenvalue weighted by atomic mass is 10.0. The van der Waals surface area contributed by atoms with E-state index >= 15 is 0 Å². The van der Waals surface area contributed by atoms with Crippen molar-refractivity contribution < 1.29 is 9.18 Å². The predicted octanol–water partition coefficient (Wildman–Crippen LogP) is 3.80. The van der Waals surface area contributed by atoms with E-state index in [9.17, 15) is 9.18 Å². The van der Waals surface area contributed by atoms with E-state index in [0.717, 1.165) is 5.56 Å². The Morgan fingerprint density at radius 2 is 2.00 bits per heavy atom. The number of halogens is 2. The Morgan fingerprint density at radius 1 is 1.26 bits per heavy atom. The van der Waals surface area contributed by atoms with Crippen molar-refractivity contribution in [3.8, 4) is 0 Å². The lowest BCUT2D eigenvalue weighted by molar-refractivity contribution is 0.0992. The normalized spacial score (nSPS) is 10.5. The maximum Gasteiger partial charge on any atom is 0.167 e. The number of benzene rings is 2. The van der Waals surface area contributed by atoms with Gasteiger partial charge in [-0.25, -0.2) is 4.39 Å². The van der Waals surface area contributed by atoms with Crippen LogP contribution in [-0.2, 0) is 6.42 Å². The fourth-order valence-electron chi connectivity index (χ4n) is 1.80. The van der Waals surface area contributed by atoms with E-state index in [1.54, 1.807) is 18.2 Å². The van der Waals surface area contributed by atoms with Crippen LogP contribution in [0.1, 0.15) is 21.5 Å². The highest BCUT2D eigenvalue weighted by molar-refractivity contribution is 6.30. The molecule has 0 radical (unpaired) electrons. The Morgan fingerprint density at radius 3 is 2.68 bits per heavy atom. The monoisotopic (exact) mass is 277 g/mol. The highest BCUT2D eigenvalue weighted by Crippen LogP contribution is 2.18. The zero-order valence-electron chi connectivity index (χ0n) is 10.4. The second-order valence-electron chi connectivity index (χ2n) is 4.41. The first-order valence-electron chi connectivity index (χ1n) is 5.80. The largest absolute Gasteiger partial charge is 0.399 e. The van der Waals surface area contributed by atoms with Gasteiger partial charge in [0.05, 0.1) is 0 Å². The molecule has 98 valence electrons. The van der Waals surface area contributed by atoms with Gasteiger partial charge < -0.3 is 5.73 Å². The lowest BCUT2D eigenvalue weighted by Crippen LogP contribution is -2.06. The molecule has 0 unspecified atom stereocenters. The molecule has 2 N–H and O–H groups in total. The van der Waals surface area contributed by atoms with Crippen molar-refractivity contribution in [3.63, 3.8) is 0 Å². The number of Topliss-reactive ketones (excluding diaryl/α,β-unsaturated/α-hetero) is 1. The van der Waals surface area contributed by atoms with Crippen molar-refractivity contribution in [3.05, 3.63) is 63.9 Å². The van der Waals surface area contributed by atoms with Crippen LogP contribution >= 0.6 is 11.6 Å². The Kier molecular flexibility index (Phi) is 3.86. The first-order valence-corrected chi connectivity index (χ1v) is 6.18. The van der Waals surface area contributed by atoms with Crippen LogP contribution in [0.25, 0.3) is 0 Å². The quantitative estimate of drug-likeness (QED) is 0.685. The maximum absolute atomic E-state index is 13.6. The van der Waals surface area contributed by atoms with Crippen LogP contribution in [0, 0.1) is 12.7 Å². The van der Waals surface area contributed by atoms with Crippen molar-refractivity contribution in [1.82, 2.24) is 0 Å². The number of ketones is 1. The average Bonchev–Trinajstić information content (AvgIpc) is 2.37. The Bertz CT molecular complexity index is 640. The minimum Gasteiger partial charge on any atom is -0.399 e. The molecular formula is C15H13ClFNO. The van der Waals surface area contributed by atoms with Gasteiger partial charge in [-0.05, 0) is 54.4 Å². The zero-order chi connectivity index (χ0) is 14.0. The molecule has 0 heterocycles. The van der Waals surface area contributed by atoms with E-state index in [1.807, 2.05) is 6.92 Å². The highest BCUT2D eigenvalue weighted by atomic mass is 35.5. The number of carbonyl (C=O) groups excluding carboxylic acids is 1. The molecule has 0 bridgehead atoms. The van der Waals surface area contributed by atoms with E-state index < -0.39 is 5.82 Å². The topological polar surface area (TPSA) is 43.1 Å². The van der Waals surface area contributed by atoms with Crippen LogP contribution in [0.5, 0.6) is 0 Å². The van der Waals surface area contributed by atoms with Crippen LogP contribution in [0.2, 0.25) is 5.02 Å². The SMILES string of the molecule is Cc1cc(C(=O)Cc2cc(Cl)ccc2F)ccc1N. The van der Waals surface area contributed by atoms with Gasteiger partial charge in [0.25, 0.3) is 0 Å². The molecule has 0 saturated carbocycles. The van der Waals surface area contributed by atoms with Crippen LogP contribution in [0.3, 0.4) is 0 Å². The van der Waals surface area contributed by atoms with Gasteiger partial charge in [0.2, 0.25) is 0 Å². The molecule has 0 spiro atoms. The second kappa shape index (κ2) is 5.41. The average molecular weight is 278 g/mol. The van der Waals surface area contributed by atoms with Crippen molar-refractivity contribution in [2.45, 2.75) is 13.3 Å². The molecule has 2 aromatic rings. The van der Waals surface area contributed by atoms with Crippen molar-refractivity contribution in [1.29, 1.82) is 0 Å². The Balaban J connectivity index is 2.25. The smallest absolute Gasteiger partial charge is 0.167 e. The second-order valence-corrected chi connectivity index (χ2v) is 4.84. The van der Waals surface area contributed by atoms with Crippen LogP contribution in [-0.4, -0.2) is 5.78 Å². The van der Waals surface area contributed by atoms with Crippen LogP contribution < -0.4 is 5.73 Å². The van der Waals surface area contributed by atoms with Crippen LogP contribution in [0.15, 0.2) is 36.4 Å². The summed E-state index contributed by atoms with van der Waals surface area (Å²) in [5.74, 6) is -0.589. The number of aryl methyl sites for hydroxylation is 1. The standard InChI is InChI=1S/C15H13ClFNO/c1-9-6-10(2-5-14(9)18)15(19)8-11-7-12(16)3-4-13(11)17/h2-7H,8,18H2,1H3. The number of carbonyl (C=O) groups is 1. The third-order valence-corrected chi connectivity index (χ3v) is 3.19. The molecule has 0 aliphatic heterocycles. The molecule has 4 heteroatoms. The van der Waals surface area contributed by atoms with E-state index in [2.05, 4.69) is 0 Å². The van der Waals surface area contributed by atoms with Crippen molar-refractivity contribution in [2.24, 2.45) is 0 Å². The zero-order valence-corrected chi connectivity index (χ0v) is 11.2. The number of hydrogen-bond acceptors (Lipinski definition) is 2. The molecule has 0 atom stereocenters. The summed E-state index contributed by atoms with van der Waals surface area (Å²) in [4.78, 5) is 12.1. The summed E-state index contributed by atoms with van der Waals surface area (Å²) in [5, 5.41) is 0.415. The number of anilines is 1. The first-order chi connectivity index (χ1) is 8.97. The van der Waals surface area contributed by atoms with Gasteiger partial charge in [-0.15, -0.1) is 0 Å². The molecule has 19 heavy (non-hydrogen) atoms. The van der Waals surface area contributed by atoms with Gasteiger partial charge in [-0.2, -0.15) is 0 Å². The summed E-state index contributed by atoms with van der Waals surface area (Å²) in [5.41, 5.74) is 7.98. The molecule has 0 amide bonds. The van der Waals surface area contributed by atoms with Gasteiger partial charge in [0.15, 0.2) is 5.78 Å². The minimum atomic E-state index is -0.426. The summed E-state index contributed by atoms with van der Waals surface area (Å²) < 4.78 is 13.6. The van der Waals surface area contributed by atoms with E-state index in [-0.39, 0.29) is 12.2 Å². The molecular weight excluding hydrogens is 265 g/mol. The third-order valence-electron chi connectivity index (χ3n) is 2.95.